The number of hydrogen-bond acceptors (Lipinski definition) is 8. The van der Waals surface area contributed by atoms with Gasteiger partial charge in [-0.05, 0) is 18.6 Å². The molecule has 0 bridgehead atoms. The summed E-state index contributed by atoms with van der Waals surface area (Å²) in [7, 11) is 1.37. The van der Waals surface area contributed by atoms with E-state index in [0.717, 1.165) is 30.3 Å². The van der Waals surface area contributed by atoms with Crippen molar-refractivity contribution in [1.82, 2.24) is 0 Å². The van der Waals surface area contributed by atoms with Gasteiger partial charge in [0.25, 0.3) is 11.2 Å². The van der Waals surface area contributed by atoms with Crippen LogP contribution in [0.15, 0.2) is 84.5 Å². The summed E-state index contributed by atoms with van der Waals surface area (Å²) in [6.45, 7) is 4.12. The predicted octanol–water partition coefficient (Wildman–Crippen LogP) is 5.47. The van der Waals surface area contributed by atoms with Crippen LogP contribution in [-0.2, 0) is 49.3 Å². The lowest BCUT2D eigenvalue weighted by molar-refractivity contribution is -0.279. The van der Waals surface area contributed by atoms with E-state index in [1.807, 2.05) is 0 Å². The van der Waals surface area contributed by atoms with Gasteiger partial charge >= 0.3 is 30.3 Å². The van der Waals surface area contributed by atoms with Gasteiger partial charge in [-0.15, -0.1) is 0 Å². The minimum absolute atomic E-state index is 0.0157. The average Bonchev–Trinajstić information content (AvgIpc) is 3.32. The molecule has 8 nitrogen and oxygen atoms in total. The van der Waals surface area contributed by atoms with Crippen molar-refractivity contribution in [3.63, 3.8) is 0 Å². The van der Waals surface area contributed by atoms with Crippen LogP contribution in [0.2, 0.25) is 0 Å². The van der Waals surface area contributed by atoms with Crippen LogP contribution < -0.4 is 0 Å². The fourth-order valence-corrected chi connectivity index (χ4v) is 4.68. The van der Waals surface area contributed by atoms with Gasteiger partial charge in [0, 0.05) is 37.3 Å². The average molecular weight is 631 g/mol. The van der Waals surface area contributed by atoms with E-state index in [1.165, 1.54) is 43.3 Å². The molecule has 0 N–H and O–H groups in total. The lowest BCUT2D eigenvalue weighted by atomic mass is 9.92. The minimum atomic E-state index is -5.27. The third kappa shape index (κ3) is 6.36. The van der Waals surface area contributed by atoms with E-state index >= 15 is 0 Å². The van der Waals surface area contributed by atoms with E-state index < -0.39 is 71.4 Å². The molecule has 0 amide bonds. The monoisotopic (exact) mass is 630 g/mol. The molecule has 238 valence electrons. The largest absolute Gasteiger partial charge is 0.459 e. The summed E-state index contributed by atoms with van der Waals surface area (Å²) in [5.74, 6) is -4.68. The van der Waals surface area contributed by atoms with Crippen molar-refractivity contribution in [3.8, 4) is 0 Å². The number of benzene rings is 2. The smallest absolute Gasteiger partial charge is 0.432 e. The number of carbonyl (C=O) groups excluding carboxylic acids is 3. The van der Waals surface area contributed by atoms with Gasteiger partial charge < -0.3 is 23.7 Å². The van der Waals surface area contributed by atoms with Gasteiger partial charge in [-0.2, -0.15) is 26.3 Å². The molecule has 1 fully saturated rings. The maximum Gasteiger partial charge on any atom is 0.432 e. The summed E-state index contributed by atoms with van der Waals surface area (Å²) in [5, 5.41) is 0. The molecule has 44 heavy (non-hydrogen) atoms. The number of alkyl halides is 6. The third-order valence-corrected chi connectivity index (χ3v) is 6.89. The molecule has 0 unspecified atom stereocenters. The van der Waals surface area contributed by atoms with Gasteiger partial charge in [0.2, 0.25) is 0 Å². The molecule has 14 heteroatoms. The number of methoxy groups -OCH3 is 2. The highest BCUT2D eigenvalue weighted by atomic mass is 19.4. The maximum atomic E-state index is 14.3. The number of rotatable bonds is 11. The molecule has 2 aromatic rings. The molecular weight excluding hydrogens is 602 g/mol. The van der Waals surface area contributed by atoms with E-state index in [1.54, 1.807) is 0 Å². The zero-order valence-electron chi connectivity index (χ0n) is 23.7. The van der Waals surface area contributed by atoms with Crippen LogP contribution in [0.25, 0.3) is 0 Å². The van der Waals surface area contributed by atoms with Gasteiger partial charge in [0.1, 0.15) is 12.7 Å². The second kappa shape index (κ2) is 13.2. The van der Waals surface area contributed by atoms with Crippen molar-refractivity contribution in [2.75, 3.05) is 20.8 Å². The van der Waals surface area contributed by atoms with Crippen molar-refractivity contribution >= 4 is 17.9 Å². The van der Waals surface area contributed by atoms with Crippen molar-refractivity contribution < 1.29 is 64.4 Å². The summed E-state index contributed by atoms with van der Waals surface area (Å²) < 4.78 is 110. The van der Waals surface area contributed by atoms with Crippen LogP contribution in [0.5, 0.6) is 0 Å². The number of ether oxygens (including phenoxy) is 5. The topological polar surface area (TPSA) is 97.4 Å². The van der Waals surface area contributed by atoms with Crippen molar-refractivity contribution in [3.05, 3.63) is 95.6 Å². The lowest BCUT2D eigenvalue weighted by Gasteiger charge is -2.34. The Morgan fingerprint density at radius 1 is 0.886 bits per heavy atom. The minimum Gasteiger partial charge on any atom is -0.459 e. The molecule has 4 atom stereocenters. The Bertz CT molecular complexity index is 1390. The zero-order valence-corrected chi connectivity index (χ0v) is 23.7. The van der Waals surface area contributed by atoms with E-state index in [4.69, 9.17) is 18.9 Å². The van der Waals surface area contributed by atoms with Crippen LogP contribution in [0.1, 0.15) is 24.5 Å². The standard InChI is InChI=1S/C30H28F6O8/c1-18(2)23(44-26(39)28(41-4,30(34,35)36)21-13-9-6-10-14-21)22-17-19(24(37)43-22)15-16-42-25(38)27(40-3,29(31,32)33)20-11-7-5-8-12-20/h5-15,22-23H,1,16-17H2,2-4H3/b19-15-/t22-,23+,27+,28+/m0/s1. The Morgan fingerprint density at radius 3 is 1.75 bits per heavy atom. The molecule has 1 aliphatic heterocycles. The Balaban J connectivity index is 1.81. The first-order valence-electron chi connectivity index (χ1n) is 12.8. The van der Waals surface area contributed by atoms with Crippen LogP contribution in [0.3, 0.4) is 0 Å². The molecule has 1 saturated heterocycles. The maximum absolute atomic E-state index is 14.3. The molecule has 3 rings (SSSR count). The van der Waals surface area contributed by atoms with Gasteiger partial charge in [0.05, 0.1) is 0 Å². The molecule has 2 aromatic carbocycles. The van der Waals surface area contributed by atoms with Crippen LogP contribution in [-0.4, -0.2) is 63.3 Å². The molecule has 0 aliphatic carbocycles. The normalized spacial score (nSPS) is 19.8. The SMILES string of the molecule is C=C(C)[C@@H](OC(=O)[C@](OC)(c1ccccc1)C(F)(F)F)[C@@H]1C/C(=C/COC(=O)[C@](OC)(c2ccccc2)C(F)(F)F)C(=O)O1. The lowest BCUT2D eigenvalue weighted by Crippen LogP contribution is -2.53. The number of halogens is 6. The van der Waals surface area contributed by atoms with Gasteiger partial charge in [-0.1, -0.05) is 67.2 Å². The second-order valence-corrected chi connectivity index (χ2v) is 9.65. The summed E-state index contributed by atoms with van der Waals surface area (Å²) in [4.78, 5) is 38.4. The number of carbonyl (C=O) groups is 3. The fourth-order valence-electron chi connectivity index (χ4n) is 4.68. The predicted molar refractivity (Wildman–Crippen MR) is 141 cm³/mol. The number of esters is 3. The first kappa shape index (κ1) is 34.3. The third-order valence-electron chi connectivity index (χ3n) is 6.89. The summed E-state index contributed by atoms with van der Waals surface area (Å²) >= 11 is 0. The van der Waals surface area contributed by atoms with Gasteiger partial charge in [-0.3, -0.25) is 0 Å². The molecule has 1 heterocycles. The van der Waals surface area contributed by atoms with Gasteiger partial charge in [-0.25, -0.2) is 14.4 Å². The molecular formula is C30H28F6O8. The van der Waals surface area contributed by atoms with Crippen LogP contribution in [0.4, 0.5) is 26.3 Å². The molecule has 1 aliphatic rings. The van der Waals surface area contributed by atoms with Crippen molar-refractivity contribution in [2.45, 2.75) is 49.1 Å². The Kier molecular flexibility index (Phi) is 10.3. The molecule has 0 saturated carbocycles. The van der Waals surface area contributed by atoms with E-state index in [2.05, 4.69) is 11.3 Å². The first-order chi connectivity index (χ1) is 20.6. The summed E-state index contributed by atoms with van der Waals surface area (Å²) in [6, 6.07) is 12.1. The summed E-state index contributed by atoms with van der Waals surface area (Å²) in [6.07, 6.45) is -12.8. The Hall–Kier alpha value is -4.17. The van der Waals surface area contributed by atoms with E-state index in [-0.39, 0.29) is 17.6 Å². The molecule has 0 aromatic heterocycles. The van der Waals surface area contributed by atoms with E-state index in [0.29, 0.717) is 14.2 Å². The van der Waals surface area contributed by atoms with Crippen molar-refractivity contribution in [2.24, 2.45) is 0 Å². The van der Waals surface area contributed by atoms with Crippen LogP contribution >= 0.6 is 0 Å². The van der Waals surface area contributed by atoms with E-state index in [9.17, 15) is 40.7 Å². The highest BCUT2D eigenvalue weighted by Gasteiger charge is 2.65. The number of cyclic esters (lactones) is 1. The first-order valence-corrected chi connectivity index (χ1v) is 12.8. The molecule has 0 spiro atoms. The second-order valence-electron chi connectivity index (χ2n) is 9.65. The van der Waals surface area contributed by atoms with Crippen LogP contribution in [0, 0.1) is 0 Å². The van der Waals surface area contributed by atoms with Crippen molar-refractivity contribution in [1.29, 1.82) is 0 Å². The Morgan fingerprint density at radius 2 is 1.34 bits per heavy atom. The highest BCUT2D eigenvalue weighted by Crippen LogP contribution is 2.45. The summed E-state index contributed by atoms with van der Waals surface area (Å²) in [5.41, 5.74) is -8.27. The zero-order chi connectivity index (χ0) is 32.9. The number of hydrogen-bond donors (Lipinski definition) is 0. The highest BCUT2D eigenvalue weighted by molar-refractivity contribution is 5.91. The molecule has 0 radical (unpaired) electrons. The van der Waals surface area contributed by atoms with Gasteiger partial charge in [0.15, 0.2) is 6.10 Å². The quantitative estimate of drug-likeness (QED) is 0.106. The fraction of sp³-hybridized carbons (Fsp3) is 0.367. The Labute approximate surface area is 248 Å².